The van der Waals surface area contributed by atoms with Gasteiger partial charge in [0.15, 0.2) is 5.78 Å². The van der Waals surface area contributed by atoms with E-state index in [2.05, 4.69) is 4.98 Å². The number of aromatic nitrogens is 1. The lowest BCUT2D eigenvalue weighted by Gasteiger charge is -2.11. The molecule has 0 radical (unpaired) electrons. The summed E-state index contributed by atoms with van der Waals surface area (Å²) in [5, 5.41) is 11.1. The molecule has 0 amide bonds. The van der Waals surface area contributed by atoms with Crippen LogP contribution in [0, 0.1) is 23.0 Å². The van der Waals surface area contributed by atoms with Crippen molar-refractivity contribution in [2.45, 2.75) is 32.2 Å². The van der Waals surface area contributed by atoms with Gasteiger partial charge < -0.3 is 4.98 Å². The summed E-state index contributed by atoms with van der Waals surface area (Å²) in [5.41, 5.74) is -0.521. The number of carbonyl (C=O) groups is 1. The average Bonchev–Trinajstić information content (AvgIpc) is 2.46. The molecule has 0 aliphatic heterocycles. The molecule has 0 saturated heterocycles. The maximum absolute atomic E-state index is 12.9. The third-order valence-corrected chi connectivity index (χ3v) is 4.55. The Bertz CT molecular complexity index is 930. The van der Waals surface area contributed by atoms with Gasteiger partial charge in [0.1, 0.15) is 10.4 Å². The summed E-state index contributed by atoms with van der Waals surface area (Å²) in [6, 6.07) is 2.75. The van der Waals surface area contributed by atoms with E-state index in [4.69, 9.17) is 0 Å². The second-order valence-corrected chi connectivity index (χ2v) is 7.36. The summed E-state index contributed by atoms with van der Waals surface area (Å²) in [7, 11) is -1.61. The molecule has 8 heteroatoms. The number of hydrogen-bond acceptors (Lipinski definition) is 5. The van der Waals surface area contributed by atoms with Crippen LogP contribution in [0.5, 0.6) is 0 Å². The average molecular weight is 350 g/mol. The van der Waals surface area contributed by atoms with Crippen LogP contribution < -0.4 is 5.43 Å². The van der Waals surface area contributed by atoms with Crippen molar-refractivity contribution < 1.29 is 13.9 Å². The fourth-order valence-corrected chi connectivity index (χ4v) is 3.32. The van der Waals surface area contributed by atoms with Gasteiger partial charge >= 0.3 is 0 Å². The molecule has 1 aromatic carbocycles. The third-order valence-electron chi connectivity index (χ3n) is 3.67. The third kappa shape index (κ3) is 3.14. The van der Waals surface area contributed by atoms with Crippen LogP contribution in [0.3, 0.4) is 0 Å². The SMILES string of the molecule is Cc1ccc([N+](=O)[O-])c2c(=O)c(C(=O)CC(C)C)c(S(C)=O)[nH]c12. The number of nitrogens with one attached hydrogen (secondary N) is 1. The van der Waals surface area contributed by atoms with Crippen LogP contribution >= 0.6 is 0 Å². The number of fused-ring (bicyclic) bond motifs is 1. The Morgan fingerprint density at radius 1 is 1.38 bits per heavy atom. The van der Waals surface area contributed by atoms with Gasteiger partial charge in [0.25, 0.3) is 5.69 Å². The van der Waals surface area contributed by atoms with E-state index >= 15 is 0 Å². The van der Waals surface area contributed by atoms with E-state index in [0.717, 1.165) is 0 Å². The first kappa shape index (κ1) is 18.0. The zero-order valence-corrected chi connectivity index (χ0v) is 14.7. The van der Waals surface area contributed by atoms with E-state index in [1.165, 1.54) is 18.4 Å². The van der Waals surface area contributed by atoms with Gasteiger partial charge in [-0.05, 0) is 18.4 Å². The lowest BCUT2D eigenvalue weighted by atomic mass is 9.99. The van der Waals surface area contributed by atoms with Gasteiger partial charge in [-0.1, -0.05) is 19.9 Å². The fraction of sp³-hybridized carbons (Fsp3) is 0.375. The van der Waals surface area contributed by atoms with Crippen LogP contribution in [0.15, 0.2) is 22.0 Å². The summed E-state index contributed by atoms with van der Waals surface area (Å²) in [5.74, 6) is -0.465. The Morgan fingerprint density at radius 2 is 2.00 bits per heavy atom. The lowest BCUT2D eigenvalue weighted by molar-refractivity contribution is -0.383. The van der Waals surface area contributed by atoms with E-state index < -0.39 is 26.9 Å². The summed E-state index contributed by atoms with van der Waals surface area (Å²) in [6.07, 6.45) is 1.45. The number of non-ortho nitro benzene ring substituents is 1. The quantitative estimate of drug-likeness (QED) is 0.506. The predicted octanol–water partition coefficient (Wildman–Crippen LogP) is 2.71. The highest BCUT2D eigenvalue weighted by molar-refractivity contribution is 7.84. The number of benzene rings is 1. The zero-order valence-electron chi connectivity index (χ0n) is 13.8. The Labute approximate surface area is 140 Å². The molecule has 2 rings (SSSR count). The van der Waals surface area contributed by atoms with Crippen molar-refractivity contribution in [3.63, 3.8) is 0 Å². The minimum atomic E-state index is -1.61. The van der Waals surface area contributed by atoms with Crippen molar-refractivity contribution in [2.75, 3.05) is 6.26 Å². The fourth-order valence-electron chi connectivity index (χ4n) is 2.58. The Hall–Kier alpha value is -2.35. The van der Waals surface area contributed by atoms with E-state index in [9.17, 15) is 23.9 Å². The normalized spacial score (nSPS) is 12.5. The van der Waals surface area contributed by atoms with Crippen molar-refractivity contribution in [3.05, 3.63) is 43.6 Å². The van der Waals surface area contributed by atoms with Crippen LogP contribution in [0.2, 0.25) is 0 Å². The Balaban J connectivity index is 2.98. The van der Waals surface area contributed by atoms with Gasteiger partial charge in [-0.15, -0.1) is 0 Å². The first-order chi connectivity index (χ1) is 11.1. The first-order valence-corrected chi connectivity index (χ1v) is 8.91. The number of hydrogen-bond donors (Lipinski definition) is 1. The van der Waals surface area contributed by atoms with Crippen LogP contribution in [0.25, 0.3) is 10.9 Å². The van der Waals surface area contributed by atoms with Gasteiger partial charge in [-0.2, -0.15) is 0 Å². The molecule has 7 nitrogen and oxygen atoms in total. The highest BCUT2D eigenvalue weighted by Gasteiger charge is 2.26. The van der Waals surface area contributed by atoms with Gasteiger partial charge in [-0.25, -0.2) is 0 Å². The van der Waals surface area contributed by atoms with Crippen molar-refractivity contribution in [1.29, 1.82) is 0 Å². The van der Waals surface area contributed by atoms with Crippen molar-refractivity contribution in [2.24, 2.45) is 5.92 Å². The monoisotopic (exact) mass is 350 g/mol. The molecule has 0 saturated carbocycles. The number of pyridine rings is 1. The second-order valence-electron chi connectivity index (χ2n) is 6.04. The highest BCUT2D eigenvalue weighted by Crippen LogP contribution is 2.26. The molecule has 24 heavy (non-hydrogen) atoms. The number of nitrogens with zero attached hydrogens (tertiary/aromatic N) is 1. The number of nitro groups is 1. The lowest BCUT2D eigenvalue weighted by Crippen LogP contribution is -2.22. The Kier molecular flexibility index (Phi) is 4.98. The first-order valence-electron chi connectivity index (χ1n) is 7.35. The second kappa shape index (κ2) is 6.64. The molecule has 128 valence electrons. The van der Waals surface area contributed by atoms with Crippen molar-refractivity contribution >= 4 is 33.2 Å². The molecule has 0 fully saturated rings. The van der Waals surface area contributed by atoms with Gasteiger partial charge in [0, 0.05) is 18.7 Å². The molecular formula is C16H18N2O5S. The summed E-state index contributed by atoms with van der Waals surface area (Å²) >= 11 is 0. The van der Waals surface area contributed by atoms with E-state index in [1.807, 2.05) is 13.8 Å². The van der Waals surface area contributed by atoms with Crippen LogP contribution in [0.4, 0.5) is 5.69 Å². The number of nitro benzene ring substituents is 1. The summed E-state index contributed by atoms with van der Waals surface area (Å²) in [4.78, 5) is 38.8. The number of rotatable bonds is 5. The van der Waals surface area contributed by atoms with Gasteiger partial charge in [-0.3, -0.25) is 23.9 Å². The topological polar surface area (TPSA) is 110 Å². The molecule has 2 aromatic rings. The highest BCUT2D eigenvalue weighted by atomic mass is 32.2. The number of Topliss-reactive ketones (excluding diaryl/α,β-unsaturated/α-hetero) is 1. The van der Waals surface area contributed by atoms with Gasteiger partial charge in [0.05, 0.1) is 26.8 Å². The van der Waals surface area contributed by atoms with Crippen molar-refractivity contribution in [3.8, 4) is 0 Å². The van der Waals surface area contributed by atoms with Gasteiger partial charge in [0.2, 0.25) is 5.43 Å². The number of ketones is 1. The number of carbonyl (C=O) groups excluding carboxylic acids is 1. The number of aryl methyl sites for hydroxylation is 1. The molecule has 0 aliphatic rings. The standard InChI is InChI=1S/C16H18N2O5S/c1-8(2)7-11(19)13-15(20)12-10(18(21)22)6-5-9(3)14(12)17-16(13)24(4)23/h5-6,8H,7H2,1-4H3,(H,17,20). The Morgan fingerprint density at radius 3 is 2.50 bits per heavy atom. The van der Waals surface area contributed by atoms with Crippen LogP contribution in [-0.4, -0.2) is 26.2 Å². The molecule has 0 aliphatic carbocycles. The van der Waals surface area contributed by atoms with Crippen molar-refractivity contribution in [1.82, 2.24) is 4.98 Å². The molecule has 0 spiro atoms. The smallest absolute Gasteiger partial charge is 0.282 e. The predicted molar refractivity (Wildman–Crippen MR) is 92.1 cm³/mol. The van der Waals surface area contributed by atoms with E-state index in [-0.39, 0.29) is 39.5 Å². The van der Waals surface area contributed by atoms with E-state index in [0.29, 0.717) is 5.56 Å². The number of aromatic amines is 1. The molecule has 0 bridgehead atoms. The molecule has 1 N–H and O–H groups in total. The largest absolute Gasteiger partial charge is 0.346 e. The molecule has 1 heterocycles. The summed E-state index contributed by atoms with van der Waals surface area (Å²) < 4.78 is 12.0. The summed E-state index contributed by atoms with van der Waals surface area (Å²) in [6.45, 7) is 5.32. The zero-order chi connectivity index (χ0) is 18.2. The van der Waals surface area contributed by atoms with Crippen LogP contribution in [-0.2, 0) is 10.8 Å². The molecule has 1 aromatic heterocycles. The number of H-pyrrole nitrogens is 1. The molecule has 1 atom stereocenters. The van der Waals surface area contributed by atoms with Crippen LogP contribution in [0.1, 0.15) is 36.2 Å². The maximum atomic E-state index is 12.9. The minimum absolute atomic E-state index is 0.00164. The maximum Gasteiger partial charge on any atom is 0.282 e. The van der Waals surface area contributed by atoms with E-state index in [1.54, 1.807) is 6.92 Å². The molecule has 1 unspecified atom stereocenters. The molecular weight excluding hydrogens is 332 g/mol. The minimum Gasteiger partial charge on any atom is -0.346 e.